The summed E-state index contributed by atoms with van der Waals surface area (Å²) in [5.41, 5.74) is 0. The molecule has 2 amide bonds. The Kier molecular flexibility index (Phi) is 7.70. The van der Waals surface area contributed by atoms with Crippen LogP contribution in [-0.4, -0.2) is 61.1 Å². The lowest BCUT2D eigenvalue weighted by molar-refractivity contribution is -0.146. The highest BCUT2D eigenvalue weighted by Crippen LogP contribution is 1.87. The molecule has 0 spiro atoms. The van der Waals surface area contributed by atoms with Gasteiger partial charge < -0.3 is 20.1 Å². The Bertz CT molecular complexity index is 280. The van der Waals surface area contributed by atoms with Crippen LogP contribution in [0.1, 0.15) is 13.3 Å². The third-order valence-corrected chi connectivity index (χ3v) is 1.83. The van der Waals surface area contributed by atoms with Crippen LogP contribution in [0.5, 0.6) is 0 Å². The number of carbonyl (C=O) groups is 3. The van der Waals surface area contributed by atoms with Crippen molar-refractivity contribution in [2.75, 3.05) is 33.4 Å². The molecule has 0 fully saturated rings. The van der Waals surface area contributed by atoms with E-state index in [2.05, 4.69) is 10.1 Å². The number of hydrogen-bond acceptors (Lipinski definition) is 4. The topological polar surface area (TPSA) is 95.9 Å². The van der Waals surface area contributed by atoms with Crippen LogP contribution in [0.4, 0.5) is 0 Å². The Morgan fingerprint density at radius 2 is 1.94 bits per heavy atom. The van der Waals surface area contributed by atoms with Gasteiger partial charge in [-0.3, -0.25) is 9.59 Å². The molecule has 0 aliphatic heterocycles. The molecular weight excluding hydrogens is 228 g/mol. The molecule has 0 aliphatic rings. The summed E-state index contributed by atoms with van der Waals surface area (Å²) in [4.78, 5) is 33.9. The summed E-state index contributed by atoms with van der Waals surface area (Å²) in [5.74, 6) is -1.82. The van der Waals surface area contributed by atoms with Crippen LogP contribution in [0.25, 0.3) is 0 Å². The van der Waals surface area contributed by atoms with E-state index in [9.17, 15) is 14.4 Å². The number of carboxylic acids is 1. The van der Waals surface area contributed by atoms with Gasteiger partial charge in [0.1, 0.15) is 13.2 Å². The van der Waals surface area contributed by atoms with Crippen LogP contribution in [-0.2, 0) is 19.1 Å². The van der Waals surface area contributed by atoms with Crippen LogP contribution in [0.3, 0.4) is 0 Å². The first-order chi connectivity index (χ1) is 7.97. The van der Waals surface area contributed by atoms with Crippen molar-refractivity contribution in [3.05, 3.63) is 0 Å². The number of nitrogens with zero attached hydrogens (tertiary/aromatic N) is 1. The Balaban J connectivity index is 3.80. The zero-order valence-electron chi connectivity index (χ0n) is 10.1. The second-order valence-corrected chi connectivity index (χ2v) is 3.49. The summed E-state index contributed by atoms with van der Waals surface area (Å²) in [5, 5.41) is 10.9. The van der Waals surface area contributed by atoms with Gasteiger partial charge in [0.25, 0.3) is 0 Å². The number of hydrogen-bond donors (Lipinski definition) is 2. The van der Waals surface area contributed by atoms with Crippen molar-refractivity contribution in [2.45, 2.75) is 13.3 Å². The Hall–Kier alpha value is -1.63. The number of carboxylic acid groups (broad SMARTS) is 1. The zero-order chi connectivity index (χ0) is 13.3. The summed E-state index contributed by atoms with van der Waals surface area (Å²) >= 11 is 0. The van der Waals surface area contributed by atoms with E-state index in [1.165, 1.54) is 11.9 Å². The molecule has 0 rings (SSSR count). The van der Waals surface area contributed by atoms with E-state index >= 15 is 0 Å². The van der Waals surface area contributed by atoms with Crippen molar-refractivity contribution < 1.29 is 24.2 Å². The van der Waals surface area contributed by atoms with E-state index in [1.807, 2.05) is 6.92 Å². The van der Waals surface area contributed by atoms with Crippen molar-refractivity contribution in [3.63, 3.8) is 0 Å². The number of nitrogens with one attached hydrogen (secondary N) is 1. The maximum Gasteiger partial charge on any atom is 0.329 e. The molecule has 0 aliphatic carbocycles. The summed E-state index contributed by atoms with van der Waals surface area (Å²) in [6, 6.07) is 0. The second-order valence-electron chi connectivity index (χ2n) is 3.49. The molecule has 0 atom stereocenters. The number of carbonyl (C=O) groups excluding carboxylic acids is 2. The summed E-state index contributed by atoms with van der Waals surface area (Å²) in [7, 11) is 1.46. The molecule has 7 nitrogen and oxygen atoms in total. The first-order valence-corrected chi connectivity index (χ1v) is 5.27. The Morgan fingerprint density at radius 1 is 1.29 bits per heavy atom. The van der Waals surface area contributed by atoms with Gasteiger partial charge in [0.05, 0.1) is 6.54 Å². The van der Waals surface area contributed by atoms with E-state index in [1.54, 1.807) is 0 Å². The van der Waals surface area contributed by atoms with Gasteiger partial charge in [-0.05, 0) is 6.42 Å². The van der Waals surface area contributed by atoms with Gasteiger partial charge in [0.15, 0.2) is 0 Å². The van der Waals surface area contributed by atoms with Crippen molar-refractivity contribution in [2.24, 2.45) is 0 Å². The second kappa shape index (κ2) is 8.51. The summed E-state index contributed by atoms with van der Waals surface area (Å²) in [6.45, 7) is 1.56. The average molecular weight is 246 g/mol. The average Bonchev–Trinajstić information content (AvgIpc) is 2.25. The lowest BCUT2D eigenvalue weighted by Gasteiger charge is -2.16. The molecule has 98 valence electrons. The number of amides is 2. The van der Waals surface area contributed by atoms with Crippen molar-refractivity contribution >= 4 is 17.8 Å². The fourth-order valence-electron chi connectivity index (χ4n) is 0.960. The van der Waals surface area contributed by atoms with Gasteiger partial charge in [-0.1, -0.05) is 6.92 Å². The van der Waals surface area contributed by atoms with Crippen molar-refractivity contribution in [1.82, 2.24) is 10.2 Å². The molecule has 7 heteroatoms. The fraction of sp³-hybridized carbons (Fsp3) is 0.700. The summed E-state index contributed by atoms with van der Waals surface area (Å²) in [6.07, 6.45) is 0.825. The van der Waals surface area contributed by atoms with E-state index < -0.39 is 18.5 Å². The van der Waals surface area contributed by atoms with Gasteiger partial charge in [0, 0.05) is 13.6 Å². The highest BCUT2D eigenvalue weighted by molar-refractivity contribution is 5.85. The summed E-state index contributed by atoms with van der Waals surface area (Å²) < 4.78 is 4.62. The molecule has 2 N–H and O–H groups in total. The first kappa shape index (κ1) is 15.4. The van der Waals surface area contributed by atoms with Gasteiger partial charge in [0.2, 0.25) is 11.8 Å². The van der Waals surface area contributed by atoms with Crippen molar-refractivity contribution in [3.8, 4) is 0 Å². The minimum absolute atomic E-state index is 0.0603. The largest absolute Gasteiger partial charge is 0.480 e. The Labute approximate surface area is 99.7 Å². The van der Waals surface area contributed by atoms with E-state index in [4.69, 9.17) is 5.11 Å². The molecule has 0 unspecified atom stereocenters. The molecule has 0 bridgehead atoms. The first-order valence-electron chi connectivity index (χ1n) is 5.27. The van der Waals surface area contributed by atoms with Gasteiger partial charge in [-0.25, -0.2) is 4.79 Å². The van der Waals surface area contributed by atoms with Gasteiger partial charge >= 0.3 is 5.97 Å². The predicted molar refractivity (Wildman–Crippen MR) is 59.4 cm³/mol. The molecule has 0 saturated heterocycles. The molecule has 0 radical (unpaired) electrons. The van der Waals surface area contributed by atoms with Crippen molar-refractivity contribution in [1.29, 1.82) is 0 Å². The molecule has 0 saturated carbocycles. The van der Waals surface area contributed by atoms with E-state index in [-0.39, 0.29) is 19.1 Å². The third kappa shape index (κ3) is 8.21. The smallest absolute Gasteiger partial charge is 0.329 e. The maximum atomic E-state index is 11.4. The zero-order valence-corrected chi connectivity index (χ0v) is 10.1. The van der Waals surface area contributed by atoms with Crippen LogP contribution in [0.2, 0.25) is 0 Å². The number of likely N-dealkylation sites (N-methyl/N-ethyl adjacent to an activating group) is 1. The number of rotatable bonds is 8. The third-order valence-electron chi connectivity index (χ3n) is 1.83. The minimum atomic E-state index is -1.14. The SMILES string of the molecule is CCCNC(=O)CN(C)C(=O)COCC(=O)O. The van der Waals surface area contributed by atoms with Crippen LogP contribution >= 0.6 is 0 Å². The van der Waals surface area contributed by atoms with Crippen LogP contribution in [0, 0.1) is 0 Å². The number of ether oxygens (including phenoxy) is 1. The highest BCUT2D eigenvalue weighted by atomic mass is 16.5. The lowest BCUT2D eigenvalue weighted by Crippen LogP contribution is -2.40. The molecule has 0 aromatic heterocycles. The minimum Gasteiger partial charge on any atom is -0.480 e. The van der Waals surface area contributed by atoms with E-state index in [0.29, 0.717) is 6.54 Å². The maximum absolute atomic E-state index is 11.4. The molecule has 0 heterocycles. The predicted octanol–water partition coefficient (Wildman–Crippen LogP) is -0.928. The lowest BCUT2D eigenvalue weighted by atomic mass is 10.4. The quantitative estimate of drug-likeness (QED) is 0.577. The van der Waals surface area contributed by atoms with Gasteiger partial charge in [-0.2, -0.15) is 0 Å². The molecular formula is C10H18N2O5. The fourth-order valence-corrected chi connectivity index (χ4v) is 0.960. The number of aliphatic carboxylic acids is 1. The molecule has 0 aromatic rings. The van der Waals surface area contributed by atoms with Gasteiger partial charge in [-0.15, -0.1) is 0 Å². The molecule has 0 aromatic carbocycles. The van der Waals surface area contributed by atoms with Crippen LogP contribution < -0.4 is 5.32 Å². The monoisotopic (exact) mass is 246 g/mol. The van der Waals surface area contributed by atoms with Crippen LogP contribution in [0.15, 0.2) is 0 Å². The normalized spacial score (nSPS) is 9.76. The van der Waals surface area contributed by atoms with E-state index in [0.717, 1.165) is 6.42 Å². The molecule has 17 heavy (non-hydrogen) atoms. The Morgan fingerprint density at radius 3 is 2.47 bits per heavy atom. The standard InChI is InChI=1S/C10H18N2O5/c1-3-4-11-8(13)5-12(2)9(14)6-17-7-10(15)16/h3-7H2,1-2H3,(H,11,13)(H,15,16). The highest BCUT2D eigenvalue weighted by Gasteiger charge is 2.12.